The van der Waals surface area contributed by atoms with Gasteiger partial charge in [-0.15, -0.1) is 26.3 Å². The van der Waals surface area contributed by atoms with Crippen molar-refractivity contribution in [1.82, 2.24) is 5.06 Å². The maximum Gasteiger partial charge on any atom is 0.0675 e. The second-order valence-electron chi connectivity index (χ2n) is 5.48. The van der Waals surface area contributed by atoms with Crippen LogP contribution in [-0.2, 0) is 0 Å². The third kappa shape index (κ3) is 2.49. The van der Waals surface area contributed by atoms with Gasteiger partial charge in [-0.3, -0.25) is 0 Å². The molecule has 108 valence electrons. The molecule has 0 amide bonds. The van der Waals surface area contributed by atoms with Crippen molar-refractivity contribution < 1.29 is 0 Å². The van der Waals surface area contributed by atoms with E-state index in [0.717, 1.165) is 5.06 Å². The van der Waals surface area contributed by atoms with Crippen LogP contribution in [0.3, 0.4) is 0 Å². The van der Waals surface area contributed by atoms with Gasteiger partial charge in [0.2, 0.25) is 0 Å². The SMILES string of the molecule is C=CCC1(CC=C)CC(C#N)C(CC=C)(CC=C)N1[O-]. The molecule has 1 unspecified atom stereocenters. The molecule has 1 heterocycles. The maximum absolute atomic E-state index is 13.1. The quantitative estimate of drug-likeness (QED) is 0.624. The fourth-order valence-corrected chi connectivity index (χ4v) is 3.42. The summed E-state index contributed by atoms with van der Waals surface area (Å²) in [5.41, 5.74) is -1.37. The highest BCUT2D eigenvalue weighted by Crippen LogP contribution is 2.51. The fourth-order valence-electron chi connectivity index (χ4n) is 3.42. The topological polar surface area (TPSA) is 50.1 Å². The fraction of sp³-hybridized carbons (Fsp3) is 0.471. The smallest absolute Gasteiger partial charge is 0.0675 e. The van der Waals surface area contributed by atoms with Gasteiger partial charge in [0.15, 0.2) is 0 Å². The highest BCUT2D eigenvalue weighted by Gasteiger charge is 2.53. The molecular weight excluding hydrogens is 248 g/mol. The molecule has 0 N–H and O–H groups in total. The van der Waals surface area contributed by atoms with E-state index >= 15 is 0 Å². The van der Waals surface area contributed by atoms with Crippen LogP contribution in [0, 0.1) is 22.5 Å². The third-order valence-electron chi connectivity index (χ3n) is 4.27. The van der Waals surface area contributed by atoms with E-state index < -0.39 is 11.1 Å². The van der Waals surface area contributed by atoms with Crippen molar-refractivity contribution in [3.05, 3.63) is 55.8 Å². The lowest BCUT2D eigenvalue weighted by atomic mass is 9.79. The van der Waals surface area contributed by atoms with E-state index in [1.54, 1.807) is 24.3 Å². The van der Waals surface area contributed by atoms with Crippen LogP contribution in [0.1, 0.15) is 32.1 Å². The Morgan fingerprint density at radius 2 is 1.50 bits per heavy atom. The Bertz CT molecular complexity index is 413. The number of nitriles is 1. The maximum atomic E-state index is 13.1. The third-order valence-corrected chi connectivity index (χ3v) is 4.27. The van der Waals surface area contributed by atoms with E-state index in [1.807, 2.05) is 0 Å². The van der Waals surface area contributed by atoms with Crippen LogP contribution in [0.15, 0.2) is 50.6 Å². The Labute approximate surface area is 122 Å². The molecule has 1 atom stereocenters. The van der Waals surface area contributed by atoms with Crippen molar-refractivity contribution in [2.24, 2.45) is 5.92 Å². The molecule has 0 aromatic heterocycles. The van der Waals surface area contributed by atoms with E-state index in [-0.39, 0.29) is 5.92 Å². The van der Waals surface area contributed by atoms with Crippen molar-refractivity contribution in [2.75, 3.05) is 0 Å². The minimum absolute atomic E-state index is 0.337. The number of hydrogen-bond acceptors (Lipinski definition) is 3. The summed E-state index contributed by atoms with van der Waals surface area (Å²) in [5, 5.41) is 23.7. The molecule has 0 bridgehead atoms. The molecule has 1 saturated heterocycles. The van der Waals surface area contributed by atoms with E-state index in [1.165, 1.54) is 0 Å². The molecule has 1 aliphatic rings. The minimum Gasteiger partial charge on any atom is -0.784 e. The zero-order valence-corrected chi connectivity index (χ0v) is 12.1. The zero-order chi connectivity index (χ0) is 15.2. The van der Waals surface area contributed by atoms with Crippen LogP contribution in [0.5, 0.6) is 0 Å². The van der Waals surface area contributed by atoms with E-state index in [9.17, 15) is 10.5 Å². The van der Waals surface area contributed by atoms with Crippen molar-refractivity contribution in [2.45, 2.75) is 43.2 Å². The van der Waals surface area contributed by atoms with Crippen LogP contribution < -0.4 is 0 Å². The van der Waals surface area contributed by atoms with Crippen molar-refractivity contribution in [3.8, 4) is 6.07 Å². The van der Waals surface area contributed by atoms with Crippen molar-refractivity contribution in [1.29, 1.82) is 5.26 Å². The minimum atomic E-state index is -0.760. The van der Waals surface area contributed by atoms with Gasteiger partial charge in [0.05, 0.1) is 12.0 Å². The summed E-state index contributed by atoms with van der Waals surface area (Å²) < 4.78 is 0. The van der Waals surface area contributed by atoms with E-state index in [2.05, 4.69) is 32.4 Å². The van der Waals surface area contributed by atoms with Crippen LogP contribution in [0.25, 0.3) is 0 Å². The molecule has 1 fully saturated rings. The lowest BCUT2D eigenvalue weighted by Gasteiger charge is -2.52. The molecule has 0 radical (unpaired) electrons. The lowest BCUT2D eigenvalue weighted by molar-refractivity contribution is 0.0891. The summed E-state index contributed by atoms with van der Waals surface area (Å²) in [6.07, 6.45) is 9.54. The lowest BCUT2D eigenvalue weighted by Crippen LogP contribution is -2.51. The Morgan fingerprint density at radius 3 is 1.85 bits per heavy atom. The molecule has 1 rings (SSSR count). The van der Waals surface area contributed by atoms with Crippen LogP contribution in [-0.4, -0.2) is 16.1 Å². The summed E-state index contributed by atoms with van der Waals surface area (Å²) in [5.74, 6) is -0.337. The second kappa shape index (κ2) is 6.69. The first-order chi connectivity index (χ1) is 9.56. The largest absolute Gasteiger partial charge is 0.784 e. The van der Waals surface area contributed by atoms with Crippen LogP contribution in [0.2, 0.25) is 0 Å². The van der Waals surface area contributed by atoms with Crippen LogP contribution in [0.4, 0.5) is 0 Å². The van der Waals surface area contributed by atoms with Gasteiger partial charge in [0.25, 0.3) is 0 Å². The van der Waals surface area contributed by atoms with E-state index in [4.69, 9.17) is 0 Å². The van der Waals surface area contributed by atoms with Gasteiger partial charge < -0.3 is 10.3 Å². The average Bonchev–Trinajstić information content (AvgIpc) is 2.64. The molecule has 0 aromatic carbocycles. The summed E-state index contributed by atoms with van der Waals surface area (Å²) in [6.45, 7) is 15.0. The number of rotatable bonds is 8. The van der Waals surface area contributed by atoms with E-state index in [0.29, 0.717) is 32.1 Å². The first-order valence-electron chi connectivity index (χ1n) is 6.87. The molecule has 0 saturated carbocycles. The number of hydrogen-bond donors (Lipinski definition) is 0. The Morgan fingerprint density at radius 1 is 1.05 bits per heavy atom. The van der Waals surface area contributed by atoms with Gasteiger partial charge in [0, 0.05) is 11.1 Å². The predicted molar refractivity (Wildman–Crippen MR) is 83.6 cm³/mol. The number of hydroxylamine groups is 2. The Hall–Kier alpha value is -1.63. The summed E-state index contributed by atoms with van der Waals surface area (Å²) >= 11 is 0. The van der Waals surface area contributed by atoms with Crippen LogP contribution >= 0.6 is 0 Å². The highest BCUT2D eigenvalue weighted by molar-refractivity contribution is 5.23. The summed E-state index contributed by atoms with van der Waals surface area (Å²) in [4.78, 5) is 0. The molecule has 0 aromatic rings. The van der Waals surface area contributed by atoms with Gasteiger partial charge >= 0.3 is 0 Å². The summed E-state index contributed by atoms with van der Waals surface area (Å²) in [7, 11) is 0. The molecule has 3 nitrogen and oxygen atoms in total. The predicted octanol–water partition coefficient (Wildman–Crippen LogP) is 4.11. The van der Waals surface area contributed by atoms with Gasteiger partial charge in [0.1, 0.15) is 0 Å². The molecule has 20 heavy (non-hydrogen) atoms. The molecule has 0 aliphatic carbocycles. The van der Waals surface area contributed by atoms with Crippen molar-refractivity contribution >= 4 is 0 Å². The molecule has 3 heteroatoms. The van der Waals surface area contributed by atoms with Gasteiger partial charge in [-0.25, -0.2) is 0 Å². The van der Waals surface area contributed by atoms with Gasteiger partial charge in [-0.2, -0.15) is 5.26 Å². The Kier molecular flexibility index (Phi) is 5.50. The summed E-state index contributed by atoms with van der Waals surface area (Å²) in [6, 6.07) is 2.32. The molecule has 1 aliphatic heterocycles. The standard InChI is InChI=1S/C17H23N2O/c1-5-9-16(10-6-2)13-15(14-18)17(11-7-3,12-8-4)19(16)20/h5-8,15H,1-4,9-13H2/q-1. The normalized spacial score (nSPS) is 23.7. The van der Waals surface area contributed by atoms with Gasteiger partial charge in [-0.1, -0.05) is 24.3 Å². The number of nitrogens with zero attached hydrogens (tertiary/aromatic N) is 2. The average molecular weight is 271 g/mol. The first kappa shape index (κ1) is 16.4. The highest BCUT2D eigenvalue weighted by atomic mass is 16.5. The second-order valence-corrected chi connectivity index (χ2v) is 5.48. The zero-order valence-electron chi connectivity index (χ0n) is 12.1. The molecular formula is C17H23N2O-. The van der Waals surface area contributed by atoms with Gasteiger partial charge in [-0.05, 0) is 32.1 Å². The van der Waals surface area contributed by atoms with Crippen molar-refractivity contribution in [3.63, 3.8) is 0 Å². The first-order valence-corrected chi connectivity index (χ1v) is 6.87. The monoisotopic (exact) mass is 271 g/mol. The Balaban J connectivity index is 3.32. The molecule has 0 spiro atoms.